The summed E-state index contributed by atoms with van der Waals surface area (Å²) in [7, 11) is 2.82. The molecule has 0 saturated heterocycles. The van der Waals surface area contributed by atoms with E-state index in [2.05, 4.69) is 10.4 Å². The summed E-state index contributed by atoms with van der Waals surface area (Å²) in [4.78, 5) is 40.7. The molecule has 4 rings (SSSR count). The molecule has 9 heteroatoms. The van der Waals surface area contributed by atoms with Crippen molar-refractivity contribution in [1.29, 1.82) is 0 Å². The third kappa shape index (κ3) is 3.83. The maximum absolute atomic E-state index is 13.6. The highest BCUT2D eigenvalue weighted by molar-refractivity contribution is 6.12. The Balaban J connectivity index is 1.74. The van der Waals surface area contributed by atoms with E-state index < -0.39 is 17.4 Å². The number of methoxy groups -OCH3 is 2. The van der Waals surface area contributed by atoms with Crippen LogP contribution in [0.4, 0.5) is 5.69 Å². The number of rotatable bonds is 5. The number of nitrogens with zero attached hydrogens (tertiary/aromatic N) is 3. The van der Waals surface area contributed by atoms with Crippen molar-refractivity contribution in [2.75, 3.05) is 19.1 Å². The number of hydrogen-bond donors (Lipinski definition) is 1. The molecule has 2 aromatic rings. The van der Waals surface area contributed by atoms with Gasteiger partial charge < -0.3 is 14.8 Å². The fraction of sp³-hybridized carbons (Fsp3) is 0.478. The predicted molar refractivity (Wildman–Crippen MR) is 117 cm³/mol. The highest BCUT2D eigenvalue weighted by atomic mass is 16.5. The molecule has 2 amide bonds. The first-order valence-electron chi connectivity index (χ1n) is 10.8. The van der Waals surface area contributed by atoms with Gasteiger partial charge in [-0.05, 0) is 44.0 Å². The lowest BCUT2D eigenvalue weighted by Gasteiger charge is -2.44. The molecule has 1 saturated carbocycles. The van der Waals surface area contributed by atoms with E-state index in [4.69, 9.17) is 9.47 Å². The first-order valence-corrected chi connectivity index (χ1v) is 10.8. The predicted octanol–water partition coefficient (Wildman–Crippen LogP) is 2.55. The molecule has 1 aromatic heterocycles. The Kier molecular flexibility index (Phi) is 5.90. The van der Waals surface area contributed by atoms with Gasteiger partial charge in [-0.1, -0.05) is 19.3 Å². The molecule has 1 aliphatic heterocycles. The summed E-state index contributed by atoms with van der Waals surface area (Å²) in [5, 5.41) is 7.40. The molecule has 32 heavy (non-hydrogen) atoms. The van der Waals surface area contributed by atoms with Gasteiger partial charge in [0.05, 0.1) is 20.8 Å². The molecule has 1 N–H and O–H groups in total. The molecule has 1 aromatic carbocycles. The number of nitrogens with one attached hydrogen (secondary N) is 1. The third-order valence-corrected chi connectivity index (χ3v) is 6.31. The van der Waals surface area contributed by atoms with Crippen molar-refractivity contribution in [3.63, 3.8) is 0 Å². The van der Waals surface area contributed by atoms with Crippen molar-refractivity contribution in [3.8, 4) is 5.75 Å². The van der Waals surface area contributed by atoms with Crippen molar-refractivity contribution >= 4 is 23.5 Å². The molecule has 1 atom stereocenters. The number of aromatic nitrogens is 2. The van der Waals surface area contributed by atoms with Crippen LogP contribution in [-0.2, 0) is 16.1 Å². The number of benzene rings is 1. The molecule has 9 nitrogen and oxygen atoms in total. The molecule has 1 aliphatic carbocycles. The average molecular weight is 441 g/mol. The van der Waals surface area contributed by atoms with Gasteiger partial charge >= 0.3 is 5.97 Å². The lowest BCUT2D eigenvalue weighted by Crippen LogP contribution is -2.65. The zero-order valence-corrected chi connectivity index (χ0v) is 18.6. The van der Waals surface area contributed by atoms with Gasteiger partial charge in [0.25, 0.3) is 5.91 Å². The highest BCUT2D eigenvalue weighted by Crippen LogP contribution is 2.34. The van der Waals surface area contributed by atoms with Crippen LogP contribution in [0.1, 0.15) is 60.0 Å². The second kappa shape index (κ2) is 8.64. The Morgan fingerprint density at radius 1 is 1.12 bits per heavy atom. The Morgan fingerprint density at radius 2 is 1.81 bits per heavy atom. The Morgan fingerprint density at radius 3 is 2.44 bits per heavy atom. The van der Waals surface area contributed by atoms with Crippen molar-refractivity contribution in [1.82, 2.24) is 15.1 Å². The van der Waals surface area contributed by atoms with E-state index >= 15 is 0 Å². The van der Waals surface area contributed by atoms with Gasteiger partial charge in [0.15, 0.2) is 5.69 Å². The van der Waals surface area contributed by atoms with E-state index in [-0.39, 0.29) is 29.9 Å². The average Bonchev–Trinajstić information content (AvgIpc) is 3.23. The van der Waals surface area contributed by atoms with Crippen LogP contribution < -0.4 is 15.0 Å². The van der Waals surface area contributed by atoms with Crippen molar-refractivity contribution in [2.24, 2.45) is 0 Å². The normalized spacial score (nSPS) is 21.1. The Bertz CT molecular complexity index is 1030. The zero-order chi connectivity index (χ0) is 22.9. The molecule has 0 radical (unpaired) electrons. The summed E-state index contributed by atoms with van der Waals surface area (Å²) in [5.74, 6) is -0.645. The minimum absolute atomic E-state index is 0.0301. The monoisotopic (exact) mass is 440 g/mol. The number of esters is 1. The van der Waals surface area contributed by atoms with Gasteiger partial charge in [-0.15, -0.1) is 0 Å². The highest BCUT2D eigenvalue weighted by Gasteiger charge is 2.49. The SMILES string of the molecule is COC(=O)c1cc2n(n1)C[C@](C)(C(=O)NC1CCCCC1)N(c1ccc(OC)cc1)C2=O. The minimum atomic E-state index is -1.24. The minimum Gasteiger partial charge on any atom is -0.497 e. The quantitative estimate of drug-likeness (QED) is 0.717. The maximum atomic E-state index is 13.6. The first-order chi connectivity index (χ1) is 15.4. The molecule has 2 heterocycles. The van der Waals surface area contributed by atoms with E-state index in [1.807, 2.05) is 0 Å². The third-order valence-electron chi connectivity index (χ3n) is 6.31. The fourth-order valence-corrected chi connectivity index (χ4v) is 4.51. The van der Waals surface area contributed by atoms with E-state index in [0.717, 1.165) is 25.7 Å². The van der Waals surface area contributed by atoms with Crippen LogP contribution in [0, 0.1) is 0 Å². The van der Waals surface area contributed by atoms with E-state index in [9.17, 15) is 14.4 Å². The molecule has 0 bridgehead atoms. The molecular weight excluding hydrogens is 412 g/mol. The van der Waals surface area contributed by atoms with Crippen molar-refractivity contribution in [3.05, 3.63) is 41.7 Å². The van der Waals surface area contributed by atoms with Crippen molar-refractivity contribution in [2.45, 2.75) is 57.2 Å². The number of amides is 2. The first kappa shape index (κ1) is 21.9. The van der Waals surface area contributed by atoms with Gasteiger partial charge in [0.2, 0.25) is 5.91 Å². The van der Waals surface area contributed by atoms with Crippen LogP contribution in [0.5, 0.6) is 5.75 Å². The summed E-state index contributed by atoms with van der Waals surface area (Å²) in [5.41, 5.74) is -0.425. The number of anilines is 1. The zero-order valence-electron chi connectivity index (χ0n) is 18.6. The standard InChI is InChI=1S/C23H28N4O5/c1-23(22(30)24-15-7-5-4-6-8-15)14-26-19(13-18(25-26)21(29)32-3)20(28)27(23)16-9-11-17(31-2)12-10-16/h9-13,15H,4-8,14H2,1-3H3,(H,24,30)/t23-/m1/s1. The summed E-state index contributed by atoms with van der Waals surface area (Å²) in [6.45, 7) is 1.84. The second-order valence-corrected chi connectivity index (χ2v) is 8.48. The van der Waals surface area contributed by atoms with Gasteiger partial charge in [0.1, 0.15) is 17.0 Å². The lowest BCUT2D eigenvalue weighted by atomic mass is 9.91. The number of carbonyl (C=O) groups is 3. The van der Waals surface area contributed by atoms with E-state index in [1.165, 1.54) is 29.2 Å². The summed E-state index contributed by atoms with van der Waals surface area (Å²) < 4.78 is 11.4. The fourth-order valence-electron chi connectivity index (χ4n) is 4.51. The number of hydrogen-bond acceptors (Lipinski definition) is 6. The number of ether oxygens (including phenoxy) is 2. The molecule has 0 spiro atoms. The topological polar surface area (TPSA) is 103 Å². The smallest absolute Gasteiger partial charge is 0.358 e. The van der Waals surface area contributed by atoms with Crippen LogP contribution in [0.3, 0.4) is 0 Å². The molecule has 170 valence electrons. The van der Waals surface area contributed by atoms with E-state index in [1.54, 1.807) is 38.3 Å². The summed E-state index contributed by atoms with van der Waals surface area (Å²) >= 11 is 0. The van der Waals surface area contributed by atoms with Crippen LogP contribution in [0.25, 0.3) is 0 Å². The van der Waals surface area contributed by atoms with Gasteiger partial charge in [-0.25, -0.2) is 4.79 Å². The van der Waals surface area contributed by atoms with Crippen LogP contribution in [0.15, 0.2) is 30.3 Å². The molecule has 1 fully saturated rings. The Hall–Kier alpha value is -3.36. The van der Waals surface area contributed by atoms with Gasteiger partial charge in [-0.2, -0.15) is 5.10 Å². The summed E-state index contributed by atoms with van der Waals surface area (Å²) in [6, 6.07) is 8.47. The molecular formula is C23H28N4O5. The molecule has 0 unspecified atom stereocenters. The largest absolute Gasteiger partial charge is 0.497 e. The molecule has 2 aliphatic rings. The van der Waals surface area contributed by atoms with Gasteiger partial charge in [-0.3, -0.25) is 19.2 Å². The maximum Gasteiger partial charge on any atom is 0.358 e. The second-order valence-electron chi connectivity index (χ2n) is 8.48. The number of carbonyl (C=O) groups excluding carboxylic acids is 3. The van der Waals surface area contributed by atoms with Crippen molar-refractivity contribution < 1.29 is 23.9 Å². The number of fused-ring (bicyclic) bond motifs is 1. The lowest BCUT2D eigenvalue weighted by molar-refractivity contribution is -0.127. The van der Waals surface area contributed by atoms with Crippen LogP contribution >= 0.6 is 0 Å². The van der Waals surface area contributed by atoms with Crippen LogP contribution in [-0.4, -0.2) is 53.4 Å². The van der Waals surface area contributed by atoms with Gasteiger partial charge in [0, 0.05) is 17.8 Å². The van der Waals surface area contributed by atoms with Crippen LogP contribution in [0.2, 0.25) is 0 Å². The Labute approximate surface area is 186 Å². The van der Waals surface area contributed by atoms with E-state index in [0.29, 0.717) is 11.4 Å². The summed E-state index contributed by atoms with van der Waals surface area (Å²) in [6.07, 6.45) is 5.19.